The third-order valence-corrected chi connectivity index (χ3v) is 9.70. The van der Waals surface area contributed by atoms with Gasteiger partial charge in [0.05, 0.1) is 25.2 Å². The monoisotopic (exact) mass is 718 g/mol. The van der Waals surface area contributed by atoms with E-state index in [2.05, 4.69) is 62.5 Å². The summed E-state index contributed by atoms with van der Waals surface area (Å²) in [6.07, 6.45) is 43.5. The number of carbonyl (C=O) groups is 2. The van der Waals surface area contributed by atoms with Crippen LogP contribution in [0.1, 0.15) is 213 Å². The zero-order valence-electron chi connectivity index (χ0n) is 33.7. The van der Waals surface area contributed by atoms with Gasteiger partial charge < -0.3 is 20.3 Å². The second-order valence-corrected chi connectivity index (χ2v) is 14.7. The summed E-state index contributed by atoms with van der Waals surface area (Å²) in [6, 6.07) is -0.702. The van der Waals surface area contributed by atoms with Gasteiger partial charge in [-0.05, 0) is 70.6 Å². The molecule has 6 heteroatoms. The van der Waals surface area contributed by atoms with E-state index in [0.717, 1.165) is 89.9 Å². The number of unbranched alkanes of at least 4 members (excludes halogenated alkanes) is 20. The first kappa shape index (κ1) is 49.1. The largest absolute Gasteiger partial charge is 0.462 e. The Morgan fingerprint density at radius 2 is 1.08 bits per heavy atom. The molecule has 6 nitrogen and oxygen atoms in total. The number of ether oxygens (including phenoxy) is 1. The van der Waals surface area contributed by atoms with Gasteiger partial charge in [0.25, 0.3) is 0 Å². The van der Waals surface area contributed by atoms with Crippen LogP contribution in [0.4, 0.5) is 0 Å². The molecule has 0 spiro atoms. The lowest BCUT2D eigenvalue weighted by atomic mass is 10.0. The Bertz CT molecular complexity index is 854. The maximum atomic E-state index is 13.0. The molecular weight excluding hydrogens is 634 g/mol. The molecule has 0 aromatic heterocycles. The molecule has 3 unspecified atom stereocenters. The van der Waals surface area contributed by atoms with Crippen LogP contribution in [0.15, 0.2) is 36.5 Å². The number of carbonyl (C=O) groups excluding carboxylic acids is 2. The average molecular weight is 718 g/mol. The Morgan fingerprint density at radius 1 is 0.588 bits per heavy atom. The SMILES string of the molecule is CC/C=C/C/C=C/CCCCCCCCCC(=O)OC(CCCCC/C=C\CCCC)CC(=O)NC(CO)C(O)CCCCCCCCCCC. The second kappa shape index (κ2) is 39.3. The number of aliphatic hydroxyl groups is 2. The van der Waals surface area contributed by atoms with Gasteiger partial charge >= 0.3 is 5.97 Å². The molecule has 0 heterocycles. The molecule has 0 aliphatic heterocycles. The fourth-order valence-electron chi connectivity index (χ4n) is 6.39. The van der Waals surface area contributed by atoms with Crippen LogP contribution < -0.4 is 5.32 Å². The van der Waals surface area contributed by atoms with Crippen molar-refractivity contribution in [3.05, 3.63) is 36.5 Å². The number of hydrogen-bond donors (Lipinski definition) is 3. The third kappa shape index (κ3) is 34.9. The van der Waals surface area contributed by atoms with Gasteiger partial charge in [-0.2, -0.15) is 0 Å². The molecule has 1 amide bonds. The summed E-state index contributed by atoms with van der Waals surface area (Å²) in [5.74, 6) is -0.503. The first-order chi connectivity index (χ1) is 25.0. The van der Waals surface area contributed by atoms with E-state index in [4.69, 9.17) is 4.74 Å². The highest BCUT2D eigenvalue weighted by Gasteiger charge is 2.24. The van der Waals surface area contributed by atoms with Crippen LogP contribution in [0.5, 0.6) is 0 Å². The van der Waals surface area contributed by atoms with Gasteiger partial charge in [0.1, 0.15) is 6.10 Å². The van der Waals surface area contributed by atoms with Crippen LogP contribution in [0, 0.1) is 0 Å². The molecular formula is C45H83NO5. The van der Waals surface area contributed by atoms with Gasteiger partial charge in [-0.15, -0.1) is 0 Å². The molecule has 0 bridgehead atoms. The summed E-state index contributed by atoms with van der Waals surface area (Å²) in [4.78, 5) is 25.9. The molecule has 3 N–H and O–H groups in total. The number of esters is 1. The van der Waals surface area contributed by atoms with E-state index >= 15 is 0 Å². The minimum absolute atomic E-state index is 0.0640. The lowest BCUT2D eigenvalue weighted by molar-refractivity contribution is -0.151. The van der Waals surface area contributed by atoms with Crippen LogP contribution in [-0.2, 0) is 14.3 Å². The summed E-state index contributed by atoms with van der Waals surface area (Å²) in [7, 11) is 0. The Balaban J connectivity index is 4.56. The van der Waals surface area contributed by atoms with Gasteiger partial charge in [0, 0.05) is 6.42 Å². The fourth-order valence-corrected chi connectivity index (χ4v) is 6.39. The summed E-state index contributed by atoms with van der Waals surface area (Å²) in [5.41, 5.74) is 0. The van der Waals surface area contributed by atoms with E-state index in [0.29, 0.717) is 19.3 Å². The first-order valence-corrected chi connectivity index (χ1v) is 21.7. The zero-order valence-corrected chi connectivity index (χ0v) is 33.7. The van der Waals surface area contributed by atoms with Crippen molar-refractivity contribution in [2.24, 2.45) is 0 Å². The quantitative estimate of drug-likeness (QED) is 0.0336. The highest BCUT2D eigenvalue weighted by molar-refractivity contribution is 5.77. The van der Waals surface area contributed by atoms with Crippen molar-refractivity contribution in [3.8, 4) is 0 Å². The van der Waals surface area contributed by atoms with Gasteiger partial charge in [-0.3, -0.25) is 9.59 Å². The molecule has 51 heavy (non-hydrogen) atoms. The minimum atomic E-state index is -0.787. The Hall–Kier alpha value is -1.92. The predicted molar refractivity (Wildman–Crippen MR) is 218 cm³/mol. The standard InChI is InChI=1S/C45H83NO5/c1-4-7-10-13-16-19-20-21-22-23-26-29-32-35-38-45(50)51-41(36-33-30-27-24-17-14-11-8-5-2)39-44(49)46-42(40-47)43(48)37-34-31-28-25-18-15-12-9-6-3/h7,10,14,16-17,19,41-43,47-48H,4-6,8-9,11-13,15,18,20-40H2,1-3H3,(H,46,49)/b10-7+,17-14-,19-16+. The number of allylic oxidation sites excluding steroid dienone is 6. The average Bonchev–Trinajstić information content (AvgIpc) is 3.12. The van der Waals surface area contributed by atoms with Crippen molar-refractivity contribution < 1.29 is 24.5 Å². The smallest absolute Gasteiger partial charge is 0.306 e. The van der Waals surface area contributed by atoms with Crippen molar-refractivity contribution in [1.29, 1.82) is 0 Å². The van der Waals surface area contributed by atoms with Crippen molar-refractivity contribution in [2.75, 3.05) is 6.61 Å². The first-order valence-electron chi connectivity index (χ1n) is 21.7. The van der Waals surface area contributed by atoms with E-state index in [1.807, 2.05) is 0 Å². The summed E-state index contributed by atoms with van der Waals surface area (Å²) >= 11 is 0. The molecule has 298 valence electrons. The van der Waals surface area contributed by atoms with Crippen LogP contribution in [0.25, 0.3) is 0 Å². The third-order valence-electron chi connectivity index (χ3n) is 9.70. The minimum Gasteiger partial charge on any atom is -0.462 e. The maximum Gasteiger partial charge on any atom is 0.306 e. The topological polar surface area (TPSA) is 95.9 Å². The molecule has 3 atom stereocenters. The lowest BCUT2D eigenvalue weighted by Crippen LogP contribution is -2.46. The summed E-state index contributed by atoms with van der Waals surface area (Å²) < 4.78 is 5.87. The molecule has 0 saturated carbocycles. The normalized spacial score (nSPS) is 13.7. The Labute approximate surface area is 315 Å². The van der Waals surface area contributed by atoms with Gasteiger partial charge in [0.15, 0.2) is 0 Å². The Morgan fingerprint density at radius 3 is 1.69 bits per heavy atom. The molecule has 0 radical (unpaired) electrons. The second-order valence-electron chi connectivity index (χ2n) is 14.7. The van der Waals surface area contributed by atoms with Gasteiger partial charge in [0.2, 0.25) is 5.91 Å². The van der Waals surface area contributed by atoms with Gasteiger partial charge in [-0.25, -0.2) is 0 Å². The lowest BCUT2D eigenvalue weighted by Gasteiger charge is -2.24. The van der Waals surface area contributed by atoms with Crippen LogP contribution in [0.2, 0.25) is 0 Å². The van der Waals surface area contributed by atoms with Crippen LogP contribution in [0.3, 0.4) is 0 Å². The molecule has 0 saturated heterocycles. The summed E-state index contributed by atoms with van der Waals surface area (Å²) in [5, 5.41) is 23.5. The van der Waals surface area contributed by atoms with Crippen LogP contribution >= 0.6 is 0 Å². The van der Waals surface area contributed by atoms with Gasteiger partial charge in [-0.1, -0.05) is 166 Å². The number of nitrogens with one attached hydrogen (secondary N) is 1. The zero-order chi connectivity index (χ0) is 37.5. The van der Waals surface area contributed by atoms with Crippen molar-refractivity contribution in [2.45, 2.75) is 232 Å². The van der Waals surface area contributed by atoms with Crippen molar-refractivity contribution in [1.82, 2.24) is 5.32 Å². The number of amides is 1. The van der Waals surface area contributed by atoms with E-state index in [-0.39, 0.29) is 24.9 Å². The number of aliphatic hydroxyl groups excluding tert-OH is 2. The molecule has 0 aromatic rings. The molecule has 0 aliphatic rings. The van der Waals surface area contributed by atoms with Crippen LogP contribution in [-0.4, -0.2) is 46.9 Å². The van der Waals surface area contributed by atoms with E-state index in [1.54, 1.807) is 0 Å². The summed E-state index contributed by atoms with van der Waals surface area (Å²) in [6.45, 7) is 6.29. The Kier molecular flexibility index (Phi) is 37.8. The maximum absolute atomic E-state index is 13.0. The van der Waals surface area contributed by atoms with Crippen molar-refractivity contribution >= 4 is 11.9 Å². The molecule has 0 aliphatic carbocycles. The highest BCUT2D eigenvalue weighted by atomic mass is 16.5. The molecule has 0 aromatic carbocycles. The van der Waals surface area contributed by atoms with E-state index in [1.165, 1.54) is 77.0 Å². The predicted octanol–water partition coefficient (Wildman–Crippen LogP) is 12.2. The highest BCUT2D eigenvalue weighted by Crippen LogP contribution is 2.17. The fraction of sp³-hybridized carbons (Fsp3) is 0.822. The van der Waals surface area contributed by atoms with E-state index in [9.17, 15) is 19.8 Å². The molecule has 0 rings (SSSR count). The van der Waals surface area contributed by atoms with Crippen molar-refractivity contribution in [3.63, 3.8) is 0 Å². The number of hydrogen-bond acceptors (Lipinski definition) is 5. The van der Waals surface area contributed by atoms with E-state index < -0.39 is 18.2 Å². The molecule has 0 fully saturated rings. The number of rotatable bonds is 38.